The van der Waals surface area contributed by atoms with Gasteiger partial charge >= 0.3 is 0 Å². The molecule has 1 fully saturated rings. The Balaban J connectivity index is 1.37. The number of anilines is 1. The van der Waals surface area contributed by atoms with Crippen LogP contribution in [0.2, 0.25) is 0 Å². The summed E-state index contributed by atoms with van der Waals surface area (Å²) < 4.78 is 5.28. The van der Waals surface area contributed by atoms with Gasteiger partial charge in [0.05, 0.1) is 18.7 Å². The van der Waals surface area contributed by atoms with E-state index in [-0.39, 0.29) is 23.8 Å². The summed E-state index contributed by atoms with van der Waals surface area (Å²) >= 11 is 0. The van der Waals surface area contributed by atoms with Crippen LogP contribution in [0.25, 0.3) is 10.9 Å². The zero-order valence-electron chi connectivity index (χ0n) is 23.5. The Hall–Kier alpha value is -4.59. The van der Waals surface area contributed by atoms with E-state index >= 15 is 0 Å². The Labute approximate surface area is 240 Å². The largest absolute Gasteiger partial charge is 0.497 e. The molecule has 2 atom stereocenters. The summed E-state index contributed by atoms with van der Waals surface area (Å²) in [7, 11) is 1.61. The number of aromatic nitrogens is 1. The number of aromatic amines is 1. The van der Waals surface area contributed by atoms with Crippen LogP contribution in [0.15, 0.2) is 85.1 Å². The monoisotopic (exact) mass is 552 g/mol. The fourth-order valence-corrected chi connectivity index (χ4v) is 5.55. The van der Waals surface area contributed by atoms with Crippen molar-refractivity contribution < 1.29 is 19.1 Å². The second-order valence-electron chi connectivity index (χ2n) is 10.4. The Morgan fingerprint density at radius 3 is 2.49 bits per heavy atom. The highest BCUT2D eigenvalue weighted by Gasteiger charge is 2.36. The Bertz CT molecular complexity index is 1500. The summed E-state index contributed by atoms with van der Waals surface area (Å²) in [5.41, 5.74) is 3.10. The highest BCUT2D eigenvalue weighted by atomic mass is 16.5. The number of likely N-dealkylation sites (tertiary alicyclic amines) is 1. The highest BCUT2D eigenvalue weighted by Crippen LogP contribution is 2.26. The summed E-state index contributed by atoms with van der Waals surface area (Å²) in [6.45, 7) is 2.91. The van der Waals surface area contributed by atoms with Crippen LogP contribution in [0.3, 0.4) is 0 Å². The predicted molar refractivity (Wildman–Crippen MR) is 160 cm³/mol. The first kappa shape index (κ1) is 28.0. The van der Waals surface area contributed by atoms with Gasteiger partial charge in [-0.05, 0) is 48.7 Å². The van der Waals surface area contributed by atoms with Crippen molar-refractivity contribution in [2.45, 2.75) is 44.7 Å². The molecule has 1 aliphatic rings. The molecule has 0 radical (unpaired) electrons. The molecule has 8 heteroatoms. The number of rotatable bonds is 10. The molecular weight excluding hydrogens is 516 g/mol. The zero-order valence-corrected chi connectivity index (χ0v) is 23.5. The number of methoxy groups -OCH3 is 1. The van der Waals surface area contributed by atoms with Gasteiger partial charge in [-0.25, -0.2) is 0 Å². The van der Waals surface area contributed by atoms with Crippen LogP contribution >= 0.6 is 0 Å². The Morgan fingerprint density at radius 2 is 1.76 bits per heavy atom. The number of carbonyl (C=O) groups excluding carboxylic acids is 3. The van der Waals surface area contributed by atoms with Gasteiger partial charge in [-0.3, -0.25) is 14.4 Å². The first-order valence-corrected chi connectivity index (χ1v) is 14.1. The normalized spacial score (nSPS) is 15.5. The molecule has 0 aliphatic carbocycles. The summed E-state index contributed by atoms with van der Waals surface area (Å²) in [5.74, 6) is 0.307. The van der Waals surface area contributed by atoms with Crippen molar-refractivity contribution in [2.24, 2.45) is 0 Å². The third-order valence-electron chi connectivity index (χ3n) is 7.64. The van der Waals surface area contributed by atoms with E-state index in [0.29, 0.717) is 37.9 Å². The minimum Gasteiger partial charge on any atom is -0.497 e. The van der Waals surface area contributed by atoms with Crippen molar-refractivity contribution in [1.29, 1.82) is 0 Å². The van der Waals surface area contributed by atoms with Crippen molar-refractivity contribution in [3.63, 3.8) is 0 Å². The van der Waals surface area contributed by atoms with E-state index in [9.17, 15) is 14.4 Å². The van der Waals surface area contributed by atoms with Gasteiger partial charge in [0.15, 0.2) is 0 Å². The maximum absolute atomic E-state index is 14.0. The number of hydrogen-bond acceptors (Lipinski definition) is 4. The fraction of sp³-hybridized carbons (Fsp3) is 0.303. The van der Waals surface area contributed by atoms with E-state index in [1.807, 2.05) is 90.7 Å². The third-order valence-corrected chi connectivity index (χ3v) is 7.64. The lowest BCUT2D eigenvalue weighted by molar-refractivity contribution is -0.132. The number of fused-ring (bicyclic) bond motifs is 1. The number of H-pyrrole nitrogens is 1. The fourth-order valence-electron chi connectivity index (χ4n) is 5.55. The van der Waals surface area contributed by atoms with E-state index in [4.69, 9.17) is 4.74 Å². The van der Waals surface area contributed by atoms with Crippen molar-refractivity contribution in [3.8, 4) is 5.75 Å². The van der Waals surface area contributed by atoms with Crippen LogP contribution in [0.1, 0.15) is 42.1 Å². The number of amides is 3. The summed E-state index contributed by atoms with van der Waals surface area (Å²) in [4.78, 5) is 47.4. The summed E-state index contributed by atoms with van der Waals surface area (Å²) in [6.07, 6.45) is 3.87. The van der Waals surface area contributed by atoms with E-state index in [1.54, 1.807) is 18.2 Å². The van der Waals surface area contributed by atoms with Crippen LogP contribution in [0.4, 0.5) is 5.69 Å². The number of benzene rings is 3. The number of hydrogen-bond donors (Lipinski definition) is 2. The van der Waals surface area contributed by atoms with Crippen molar-refractivity contribution in [2.75, 3.05) is 25.1 Å². The third kappa shape index (κ3) is 6.27. The Morgan fingerprint density at radius 1 is 1.02 bits per heavy atom. The molecule has 5 rings (SSSR count). The van der Waals surface area contributed by atoms with E-state index in [0.717, 1.165) is 34.3 Å². The Kier molecular flexibility index (Phi) is 8.67. The number of para-hydroxylation sites is 2. The molecule has 3 aromatic carbocycles. The number of nitrogens with zero attached hydrogens (tertiary/aromatic N) is 2. The average Bonchev–Trinajstić information content (AvgIpc) is 3.66. The number of nitrogens with one attached hydrogen (secondary N) is 2. The minimum absolute atomic E-state index is 0.0559. The van der Waals surface area contributed by atoms with Gasteiger partial charge in [-0.15, -0.1) is 0 Å². The van der Waals surface area contributed by atoms with E-state index in [1.165, 1.54) is 0 Å². The number of ether oxygens (including phenoxy) is 1. The standard InChI is InChI=1S/C33H36N4O4/c1-3-9-31(38)37(24-10-5-4-6-11-24)25-18-19-36(22-25)33(40)30(20-23-14-16-26(41-2)17-15-23)35-32(39)28-21-34-29-13-8-7-12-27(28)29/h4-8,10-17,21,25,30,34H,3,9,18-20,22H2,1-2H3,(H,35,39)/t25-,30-/m1/s1. The minimum atomic E-state index is -0.778. The van der Waals surface area contributed by atoms with E-state index < -0.39 is 6.04 Å². The molecule has 41 heavy (non-hydrogen) atoms. The molecule has 2 heterocycles. The van der Waals surface area contributed by atoms with Gasteiger partial charge in [-0.1, -0.05) is 55.5 Å². The quantitative estimate of drug-likeness (QED) is 0.291. The molecule has 4 aromatic rings. The van der Waals surface area contributed by atoms with Crippen LogP contribution in [0.5, 0.6) is 5.75 Å². The van der Waals surface area contributed by atoms with Crippen LogP contribution < -0.4 is 15.0 Å². The molecule has 8 nitrogen and oxygen atoms in total. The van der Waals surface area contributed by atoms with Gasteiger partial charge in [0.2, 0.25) is 11.8 Å². The molecule has 1 aromatic heterocycles. The second-order valence-corrected chi connectivity index (χ2v) is 10.4. The van der Waals surface area contributed by atoms with Gasteiger partial charge in [-0.2, -0.15) is 0 Å². The molecule has 0 saturated carbocycles. The lowest BCUT2D eigenvalue weighted by Gasteiger charge is -2.30. The van der Waals surface area contributed by atoms with E-state index in [2.05, 4.69) is 10.3 Å². The highest BCUT2D eigenvalue weighted by molar-refractivity contribution is 6.08. The van der Waals surface area contributed by atoms with Crippen molar-refractivity contribution >= 4 is 34.3 Å². The van der Waals surface area contributed by atoms with Gasteiger partial charge < -0.3 is 24.8 Å². The maximum atomic E-state index is 14.0. The van der Waals surface area contributed by atoms with Crippen molar-refractivity contribution in [3.05, 3.63) is 96.2 Å². The number of carbonyl (C=O) groups is 3. The lowest BCUT2D eigenvalue weighted by Crippen LogP contribution is -2.50. The first-order chi connectivity index (χ1) is 20.0. The predicted octanol–water partition coefficient (Wildman–Crippen LogP) is 4.95. The SMILES string of the molecule is CCCC(=O)N(c1ccccc1)[C@@H]1CCN(C(=O)[C@@H](Cc2ccc(OC)cc2)NC(=O)c2c[nH]c3ccccc23)C1. The average molecular weight is 553 g/mol. The molecule has 0 unspecified atom stereocenters. The lowest BCUT2D eigenvalue weighted by atomic mass is 10.0. The van der Waals surface area contributed by atoms with Gasteiger partial charge in [0, 0.05) is 48.7 Å². The van der Waals surface area contributed by atoms with Gasteiger partial charge in [0.1, 0.15) is 11.8 Å². The molecule has 1 saturated heterocycles. The van der Waals surface area contributed by atoms with Crippen LogP contribution in [-0.4, -0.2) is 59.9 Å². The van der Waals surface area contributed by atoms with Gasteiger partial charge in [0.25, 0.3) is 5.91 Å². The van der Waals surface area contributed by atoms with Crippen LogP contribution in [-0.2, 0) is 16.0 Å². The second kappa shape index (κ2) is 12.7. The molecule has 0 spiro atoms. The molecule has 1 aliphatic heterocycles. The topological polar surface area (TPSA) is 94.7 Å². The maximum Gasteiger partial charge on any atom is 0.254 e. The van der Waals surface area contributed by atoms with Crippen LogP contribution in [0, 0.1) is 0 Å². The first-order valence-electron chi connectivity index (χ1n) is 14.1. The summed E-state index contributed by atoms with van der Waals surface area (Å²) in [6, 6.07) is 23.8. The molecule has 0 bridgehead atoms. The smallest absolute Gasteiger partial charge is 0.254 e. The zero-order chi connectivity index (χ0) is 28.8. The molecular formula is C33H36N4O4. The van der Waals surface area contributed by atoms with Crippen molar-refractivity contribution in [1.82, 2.24) is 15.2 Å². The summed E-state index contributed by atoms with van der Waals surface area (Å²) in [5, 5.41) is 3.82. The molecule has 2 N–H and O–H groups in total. The molecule has 3 amide bonds. The molecule has 212 valence electrons.